The zero-order valence-corrected chi connectivity index (χ0v) is 6.24. The van der Waals surface area contributed by atoms with Crippen LogP contribution in [0.25, 0.3) is 0 Å². The molecule has 1 saturated heterocycles. The summed E-state index contributed by atoms with van der Waals surface area (Å²) in [7, 11) is 0. The lowest BCUT2D eigenvalue weighted by Crippen LogP contribution is -2.40. The SMILES string of the molecule is OC[C@H](O)[C@H]1OC(O)[C@H](O)[C@@H]1O. The highest BCUT2D eigenvalue weighted by atomic mass is 16.6. The van der Waals surface area contributed by atoms with E-state index in [1.165, 1.54) is 0 Å². The van der Waals surface area contributed by atoms with E-state index in [9.17, 15) is 0 Å². The summed E-state index contributed by atoms with van der Waals surface area (Å²) in [6.07, 6.45) is -6.75. The maximum Gasteiger partial charge on any atom is 0.184 e. The second-order valence-corrected chi connectivity index (χ2v) is 2.72. The van der Waals surface area contributed by atoms with Gasteiger partial charge >= 0.3 is 0 Å². The number of hydrogen-bond donors (Lipinski definition) is 5. The Balaban J connectivity index is 2.58. The zero-order chi connectivity index (χ0) is 9.30. The highest BCUT2D eigenvalue weighted by Crippen LogP contribution is 2.21. The lowest BCUT2D eigenvalue weighted by molar-refractivity contribution is -0.150. The maximum atomic E-state index is 9.12. The number of ether oxygens (including phenoxy) is 1. The van der Waals surface area contributed by atoms with Crippen LogP contribution in [0.3, 0.4) is 0 Å². The predicted octanol–water partition coefficient (Wildman–Crippen LogP) is -3.22. The van der Waals surface area contributed by atoms with Crippen LogP contribution < -0.4 is 0 Å². The monoisotopic (exact) mass is 180 g/mol. The van der Waals surface area contributed by atoms with Crippen LogP contribution in [0.2, 0.25) is 0 Å². The summed E-state index contributed by atoms with van der Waals surface area (Å²) in [5.41, 5.74) is 0. The lowest BCUT2D eigenvalue weighted by Gasteiger charge is -2.18. The lowest BCUT2D eigenvalue weighted by atomic mass is 10.1. The van der Waals surface area contributed by atoms with E-state index in [4.69, 9.17) is 25.5 Å². The summed E-state index contributed by atoms with van der Waals surface area (Å²) in [5, 5.41) is 44.4. The Morgan fingerprint density at radius 3 is 2.08 bits per heavy atom. The molecule has 0 aliphatic carbocycles. The molecule has 5 atom stereocenters. The Labute approximate surface area is 68.6 Å². The van der Waals surface area contributed by atoms with Crippen LogP contribution in [0.1, 0.15) is 0 Å². The number of aliphatic hydroxyl groups excluding tert-OH is 5. The van der Waals surface area contributed by atoms with E-state index >= 15 is 0 Å². The minimum atomic E-state index is -1.51. The summed E-state index contributed by atoms with van der Waals surface area (Å²) >= 11 is 0. The first kappa shape index (κ1) is 9.85. The van der Waals surface area contributed by atoms with E-state index in [0.29, 0.717) is 0 Å². The van der Waals surface area contributed by atoms with Gasteiger partial charge in [-0.1, -0.05) is 0 Å². The predicted molar refractivity (Wildman–Crippen MR) is 36.0 cm³/mol. The molecule has 0 aromatic heterocycles. The Kier molecular flexibility index (Phi) is 2.99. The van der Waals surface area contributed by atoms with Gasteiger partial charge in [-0.05, 0) is 0 Å². The normalized spacial score (nSPS) is 44.8. The standard InChI is InChI=1S/C6H12O6/c7-1-2(8)5-3(9)4(10)6(11)12-5/h2-11H,1H2/t2-,3-,4+,5+,6?/m0/s1. The Hall–Kier alpha value is -0.240. The summed E-state index contributed by atoms with van der Waals surface area (Å²) in [6.45, 7) is -0.596. The average molecular weight is 180 g/mol. The van der Waals surface area contributed by atoms with Crippen LogP contribution in [0.4, 0.5) is 0 Å². The van der Waals surface area contributed by atoms with Crippen LogP contribution in [-0.4, -0.2) is 62.8 Å². The molecule has 0 aromatic rings. The Bertz CT molecular complexity index is 151. The highest BCUT2D eigenvalue weighted by molar-refractivity contribution is 4.89. The number of hydrogen-bond acceptors (Lipinski definition) is 6. The molecule has 0 saturated carbocycles. The van der Waals surface area contributed by atoms with E-state index in [1.54, 1.807) is 0 Å². The van der Waals surface area contributed by atoms with Crippen LogP contribution >= 0.6 is 0 Å². The second kappa shape index (κ2) is 3.65. The minimum Gasteiger partial charge on any atom is -0.394 e. The molecule has 1 rings (SSSR count). The summed E-state index contributed by atoms with van der Waals surface area (Å²) in [4.78, 5) is 0. The van der Waals surface area contributed by atoms with Crippen molar-refractivity contribution in [1.82, 2.24) is 0 Å². The molecule has 0 aromatic carbocycles. The van der Waals surface area contributed by atoms with Gasteiger partial charge in [-0.2, -0.15) is 0 Å². The minimum absolute atomic E-state index is 0.596. The molecule has 0 amide bonds. The van der Waals surface area contributed by atoms with Crippen molar-refractivity contribution in [3.8, 4) is 0 Å². The largest absolute Gasteiger partial charge is 0.394 e. The molecule has 1 unspecified atom stereocenters. The third-order valence-corrected chi connectivity index (χ3v) is 1.84. The zero-order valence-electron chi connectivity index (χ0n) is 6.24. The molecular weight excluding hydrogens is 168 g/mol. The van der Waals surface area contributed by atoms with Crippen molar-refractivity contribution < 1.29 is 30.3 Å². The second-order valence-electron chi connectivity index (χ2n) is 2.72. The quantitative estimate of drug-likeness (QED) is 0.306. The van der Waals surface area contributed by atoms with Crippen molar-refractivity contribution >= 4 is 0 Å². The van der Waals surface area contributed by atoms with Gasteiger partial charge in [-0.25, -0.2) is 0 Å². The molecule has 1 aliphatic heterocycles. The third kappa shape index (κ3) is 1.58. The van der Waals surface area contributed by atoms with Gasteiger partial charge in [0.15, 0.2) is 6.29 Å². The Morgan fingerprint density at radius 1 is 1.17 bits per heavy atom. The van der Waals surface area contributed by atoms with E-state index in [-0.39, 0.29) is 0 Å². The summed E-state index contributed by atoms with van der Waals surface area (Å²) in [5.74, 6) is 0. The van der Waals surface area contributed by atoms with Crippen molar-refractivity contribution in [2.45, 2.75) is 30.7 Å². The molecule has 1 heterocycles. The van der Waals surface area contributed by atoms with Crippen LogP contribution in [0.5, 0.6) is 0 Å². The molecule has 0 bridgehead atoms. The molecule has 6 heteroatoms. The van der Waals surface area contributed by atoms with Gasteiger partial charge in [0.25, 0.3) is 0 Å². The van der Waals surface area contributed by atoms with Crippen molar-refractivity contribution in [1.29, 1.82) is 0 Å². The van der Waals surface area contributed by atoms with Crippen molar-refractivity contribution in [3.63, 3.8) is 0 Å². The van der Waals surface area contributed by atoms with Crippen LogP contribution in [0, 0.1) is 0 Å². The van der Waals surface area contributed by atoms with Gasteiger partial charge in [-0.3, -0.25) is 0 Å². The maximum absolute atomic E-state index is 9.12. The molecule has 72 valence electrons. The van der Waals surface area contributed by atoms with E-state index < -0.39 is 37.3 Å². The van der Waals surface area contributed by atoms with Crippen molar-refractivity contribution in [3.05, 3.63) is 0 Å². The van der Waals surface area contributed by atoms with Gasteiger partial charge in [0.1, 0.15) is 24.4 Å². The number of aliphatic hydroxyl groups is 5. The molecule has 0 spiro atoms. The molecular formula is C6H12O6. The fourth-order valence-corrected chi connectivity index (χ4v) is 1.11. The Morgan fingerprint density at radius 2 is 1.75 bits per heavy atom. The molecule has 5 N–H and O–H groups in total. The van der Waals surface area contributed by atoms with E-state index in [1.807, 2.05) is 0 Å². The molecule has 12 heavy (non-hydrogen) atoms. The van der Waals surface area contributed by atoms with Gasteiger partial charge in [0, 0.05) is 0 Å². The average Bonchev–Trinajstić information content (AvgIpc) is 2.32. The van der Waals surface area contributed by atoms with Crippen molar-refractivity contribution in [2.75, 3.05) is 6.61 Å². The first-order chi connectivity index (χ1) is 5.57. The van der Waals surface area contributed by atoms with E-state index in [2.05, 4.69) is 4.74 Å². The molecule has 6 nitrogen and oxygen atoms in total. The fraction of sp³-hybridized carbons (Fsp3) is 1.00. The first-order valence-corrected chi connectivity index (χ1v) is 3.56. The molecule has 1 fully saturated rings. The summed E-state index contributed by atoms with van der Waals surface area (Å²) < 4.78 is 4.58. The van der Waals surface area contributed by atoms with Gasteiger partial charge in [0.05, 0.1) is 6.61 Å². The van der Waals surface area contributed by atoms with Crippen LogP contribution in [0.15, 0.2) is 0 Å². The topological polar surface area (TPSA) is 110 Å². The molecule has 1 aliphatic rings. The number of rotatable bonds is 2. The van der Waals surface area contributed by atoms with Gasteiger partial charge in [0.2, 0.25) is 0 Å². The smallest absolute Gasteiger partial charge is 0.184 e. The fourth-order valence-electron chi connectivity index (χ4n) is 1.11. The first-order valence-electron chi connectivity index (χ1n) is 3.56. The van der Waals surface area contributed by atoms with Crippen LogP contribution in [-0.2, 0) is 4.74 Å². The molecule has 0 radical (unpaired) electrons. The van der Waals surface area contributed by atoms with Gasteiger partial charge in [-0.15, -0.1) is 0 Å². The van der Waals surface area contributed by atoms with E-state index in [0.717, 1.165) is 0 Å². The third-order valence-electron chi connectivity index (χ3n) is 1.84. The van der Waals surface area contributed by atoms with Gasteiger partial charge < -0.3 is 30.3 Å². The van der Waals surface area contributed by atoms with Crippen molar-refractivity contribution in [2.24, 2.45) is 0 Å². The highest BCUT2D eigenvalue weighted by Gasteiger charge is 2.44. The summed E-state index contributed by atoms with van der Waals surface area (Å²) in [6, 6.07) is 0.